The van der Waals surface area contributed by atoms with Crippen LogP contribution in [0.2, 0.25) is 5.02 Å². The van der Waals surface area contributed by atoms with Crippen molar-refractivity contribution in [1.82, 2.24) is 5.32 Å². The lowest BCUT2D eigenvalue weighted by molar-refractivity contribution is -0.139. The predicted octanol–water partition coefficient (Wildman–Crippen LogP) is 3.45. The second-order valence-electron chi connectivity index (χ2n) is 5.43. The number of carbonyl (C=O) groups is 3. The van der Waals surface area contributed by atoms with E-state index in [1.165, 1.54) is 31.2 Å². The van der Waals surface area contributed by atoms with Crippen LogP contribution in [0.4, 0.5) is 0 Å². The molecule has 136 valence electrons. The minimum absolute atomic E-state index is 0.0475. The molecule has 2 rings (SSSR count). The fraction of sp³-hybridized carbons (Fsp3) is 0.167. The standard InChI is InChI=1S/C18H15BrClNO5/c1-10(22)26-14-4-2-3-11(8-14)17(23)21-16(18(24)25)9-12-7-13(20)5-6-15(12)19/h2-8,16H,9H2,1H3,(H,21,23)(H,24,25)/t16-/m1/s1. The fourth-order valence-electron chi connectivity index (χ4n) is 2.23. The van der Waals surface area contributed by atoms with E-state index in [-0.39, 0.29) is 17.7 Å². The van der Waals surface area contributed by atoms with Crippen LogP contribution in [0.25, 0.3) is 0 Å². The smallest absolute Gasteiger partial charge is 0.326 e. The quantitative estimate of drug-likeness (QED) is 0.530. The normalized spacial score (nSPS) is 11.5. The largest absolute Gasteiger partial charge is 0.480 e. The highest BCUT2D eigenvalue weighted by molar-refractivity contribution is 9.10. The lowest BCUT2D eigenvalue weighted by atomic mass is 10.1. The first-order valence-electron chi connectivity index (χ1n) is 7.52. The van der Waals surface area contributed by atoms with Gasteiger partial charge in [0.25, 0.3) is 5.91 Å². The Morgan fingerprint density at radius 2 is 1.96 bits per heavy atom. The van der Waals surface area contributed by atoms with Gasteiger partial charge in [-0.05, 0) is 42.0 Å². The summed E-state index contributed by atoms with van der Waals surface area (Å²) in [6.07, 6.45) is 0.0475. The van der Waals surface area contributed by atoms with Gasteiger partial charge >= 0.3 is 11.9 Å². The third kappa shape index (κ3) is 5.57. The summed E-state index contributed by atoms with van der Waals surface area (Å²) in [4.78, 5) is 34.9. The number of halogens is 2. The molecule has 0 aliphatic heterocycles. The predicted molar refractivity (Wildman–Crippen MR) is 99.5 cm³/mol. The number of amides is 1. The summed E-state index contributed by atoms with van der Waals surface area (Å²) in [6.45, 7) is 1.25. The molecule has 2 N–H and O–H groups in total. The van der Waals surface area contributed by atoms with Gasteiger partial charge in [-0.25, -0.2) is 4.79 Å². The van der Waals surface area contributed by atoms with Crippen molar-refractivity contribution in [3.8, 4) is 5.75 Å². The van der Waals surface area contributed by atoms with E-state index in [1.54, 1.807) is 18.2 Å². The number of rotatable bonds is 6. The van der Waals surface area contributed by atoms with Gasteiger partial charge < -0.3 is 15.2 Å². The maximum absolute atomic E-state index is 12.4. The Balaban J connectivity index is 2.17. The van der Waals surface area contributed by atoms with Gasteiger partial charge in [0.2, 0.25) is 0 Å². The van der Waals surface area contributed by atoms with Crippen molar-refractivity contribution in [2.75, 3.05) is 0 Å². The number of hydrogen-bond acceptors (Lipinski definition) is 4. The topological polar surface area (TPSA) is 92.7 Å². The molecule has 0 bridgehead atoms. The van der Waals surface area contributed by atoms with Crippen LogP contribution in [0, 0.1) is 0 Å². The first-order valence-corrected chi connectivity index (χ1v) is 8.69. The molecule has 0 aliphatic carbocycles. The van der Waals surface area contributed by atoms with Crippen LogP contribution >= 0.6 is 27.5 Å². The Hall–Kier alpha value is -2.38. The van der Waals surface area contributed by atoms with E-state index in [0.29, 0.717) is 15.1 Å². The Morgan fingerprint density at radius 1 is 1.23 bits per heavy atom. The number of hydrogen-bond donors (Lipinski definition) is 2. The van der Waals surface area contributed by atoms with Crippen molar-refractivity contribution >= 4 is 45.4 Å². The van der Waals surface area contributed by atoms with Crippen molar-refractivity contribution in [2.45, 2.75) is 19.4 Å². The Labute approximate surface area is 163 Å². The highest BCUT2D eigenvalue weighted by atomic mass is 79.9. The number of carbonyl (C=O) groups excluding carboxylic acids is 2. The first-order chi connectivity index (χ1) is 12.3. The fourth-order valence-corrected chi connectivity index (χ4v) is 2.83. The van der Waals surface area contributed by atoms with Gasteiger partial charge in [0.1, 0.15) is 11.8 Å². The van der Waals surface area contributed by atoms with Gasteiger partial charge in [0.05, 0.1) is 0 Å². The molecule has 0 saturated carbocycles. The summed E-state index contributed by atoms with van der Waals surface area (Å²) in [5.74, 6) is -2.09. The highest BCUT2D eigenvalue weighted by Crippen LogP contribution is 2.23. The summed E-state index contributed by atoms with van der Waals surface area (Å²) in [5, 5.41) is 12.4. The van der Waals surface area contributed by atoms with Crippen molar-refractivity contribution in [1.29, 1.82) is 0 Å². The maximum Gasteiger partial charge on any atom is 0.326 e. The van der Waals surface area contributed by atoms with E-state index in [1.807, 2.05) is 0 Å². The Kier molecular flexibility index (Phi) is 6.76. The molecule has 26 heavy (non-hydrogen) atoms. The first kappa shape index (κ1) is 19.9. The van der Waals surface area contributed by atoms with Gasteiger partial charge in [-0.15, -0.1) is 0 Å². The molecule has 0 heterocycles. The van der Waals surface area contributed by atoms with Crippen molar-refractivity contribution in [2.24, 2.45) is 0 Å². The number of esters is 1. The molecule has 0 unspecified atom stereocenters. The summed E-state index contributed by atoms with van der Waals surface area (Å²) in [5.41, 5.74) is 0.832. The van der Waals surface area contributed by atoms with Crippen LogP contribution in [0.5, 0.6) is 5.75 Å². The van der Waals surface area contributed by atoms with Crippen molar-refractivity contribution in [3.63, 3.8) is 0 Å². The van der Waals surface area contributed by atoms with Gasteiger partial charge in [-0.2, -0.15) is 0 Å². The van der Waals surface area contributed by atoms with E-state index in [4.69, 9.17) is 16.3 Å². The van der Waals surface area contributed by atoms with Crippen LogP contribution in [-0.4, -0.2) is 29.0 Å². The summed E-state index contributed by atoms with van der Waals surface area (Å²) in [7, 11) is 0. The number of carboxylic acids is 1. The molecule has 8 heteroatoms. The molecular formula is C18H15BrClNO5. The van der Waals surface area contributed by atoms with Gasteiger partial charge in [0.15, 0.2) is 0 Å². The zero-order chi connectivity index (χ0) is 19.3. The molecule has 0 aromatic heterocycles. The molecule has 0 radical (unpaired) electrons. The summed E-state index contributed by atoms with van der Waals surface area (Å²) < 4.78 is 5.62. The number of ether oxygens (including phenoxy) is 1. The van der Waals surface area contributed by atoms with Crippen LogP contribution in [-0.2, 0) is 16.0 Å². The van der Waals surface area contributed by atoms with Gasteiger partial charge in [0, 0.05) is 28.4 Å². The second-order valence-corrected chi connectivity index (χ2v) is 6.72. The molecule has 6 nitrogen and oxygen atoms in total. The van der Waals surface area contributed by atoms with E-state index >= 15 is 0 Å². The van der Waals surface area contributed by atoms with Crippen LogP contribution < -0.4 is 10.1 Å². The monoisotopic (exact) mass is 439 g/mol. The highest BCUT2D eigenvalue weighted by Gasteiger charge is 2.22. The molecule has 0 saturated heterocycles. The Morgan fingerprint density at radius 3 is 2.62 bits per heavy atom. The van der Waals surface area contributed by atoms with Crippen LogP contribution in [0.15, 0.2) is 46.9 Å². The SMILES string of the molecule is CC(=O)Oc1cccc(C(=O)N[C@H](Cc2cc(Cl)ccc2Br)C(=O)O)c1. The molecule has 0 aliphatic rings. The van der Waals surface area contributed by atoms with E-state index in [0.717, 1.165) is 0 Å². The molecule has 1 amide bonds. The number of benzene rings is 2. The van der Waals surface area contributed by atoms with Gasteiger partial charge in [-0.1, -0.05) is 33.6 Å². The third-order valence-corrected chi connectivity index (χ3v) is 4.40. The number of carboxylic acid groups (broad SMARTS) is 1. The summed E-state index contributed by atoms with van der Waals surface area (Å²) >= 11 is 9.28. The molecule has 2 aromatic carbocycles. The average molecular weight is 441 g/mol. The zero-order valence-electron chi connectivity index (χ0n) is 13.7. The van der Waals surface area contributed by atoms with E-state index in [9.17, 15) is 19.5 Å². The molecule has 0 fully saturated rings. The lowest BCUT2D eigenvalue weighted by Crippen LogP contribution is -2.42. The third-order valence-electron chi connectivity index (χ3n) is 3.39. The Bertz CT molecular complexity index is 855. The lowest BCUT2D eigenvalue weighted by Gasteiger charge is -2.16. The minimum atomic E-state index is -1.18. The van der Waals surface area contributed by atoms with Crippen molar-refractivity contribution < 1.29 is 24.2 Å². The molecular weight excluding hydrogens is 426 g/mol. The van der Waals surface area contributed by atoms with E-state index < -0.39 is 23.9 Å². The van der Waals surface area contributed by atoms with E-state index in [2.05, 4.69) is 21.2 Å². The zero-order valence-corrected chi connectivity index (χ0v) is 16.0. The van der Waals surface area contributed by atoms with Crippen LogP contribution in [0.1, 0.15) is 22.8 Å². The molecule has 0 spiro atoms. The minimum Gasteiger partial charge on any atom is -0.480 e. The maximum atomic E-state index is 12.4. The summed E-state index contributed by atoms with van der Waals surface area (Å²) in [6, 6.07) is 9.78. The number of aliphatic carboxylic acids is 1. The molecule has 2 aromatic rings. The second kappa shape index (κ2) is 8.82. The van der Waals surface area contributed by atoms with Crippen molar-refractivity contribution in [3.05, 3.63) is 63.1 Å². The van der Waals surface area contributed by atoms with Gasteiger partial charge in [-0.3, -0.25) is 9.59 Å². The number of nitrogens with one attached hydrogen (secondary N) is 1. The molecule has 1 atom stereocenters. The van der Waals surface area contributed by atoms with Crippen LogP contribution in [0.3, 0.4) is 0 Å². The average Bonchev–Trinajstić information content (AvgIpc) is 2.56.